The van der Waals surface area contributed by atoms with Crippen LogP contribution in [0.1, 0.15) is 17.4 Å². The van der Waals surface area contributed by atoms with E-state index in [-0.39, 0.29) is 12.2 Å². The van der Waals surface area contributed by atoms with E-state index >= 15 is 0 Å². The number of carboxylic acid groups (broad SMARTS) is 1. The summed E-state index contributed by atoms with van der Waals surface area (Å²) in [4.78, 5) is 34.6. The smallest absolute Gasteiger partial charge is 0.352 e. The zero-order valence-electron chi connectivity index (χ0n) is 6.90. The summed E-state index contributed by atoms with van der Waals surface area (Å²) >= 11 is 0. The summed E-state index contributed by atoms with van der Waals surface area (Å²) in [6.45, 7) is 1.84. The molecule has 0 amide bonds. The molecule has 0 saturated carbocycles. The molecule has 0 atom stereocenters. The molecule has 70 valence electrons. The standard InChI is InChI=1S/C7H8N2O4/c1-2-9-5(10)3-4(6(11)12)8-7(9)13/h3H,2H2,1H3,(H,8,13)(H,11,12). The van der Waals surface area contributed by atoms with E-state index in [2.05, 4.69) is 4.98 Å². The molecule has 1 aromatic rings. The minimum absolute atomic E-state index is 0.216. The van der Waals surface area contributed by atoms with Gasteiger partial charge in [-0.1, -0.05) is 0 Å². The van der Waals surface area contributed by atoms with Crippen LogP contribution < -0.4 is 11.2 Å². The fourth-order valence-electron chi connectivity index (χ4n) is 0.935. The number of nitrogens with one attached hydrogen (secondary N) is 1. The molecule has 1 rings (SSSR count). The third-order valence-corrected chi connectivity index (χ3v) is 1.57. The van der Waals surface area contributed by atoms with Crippen LogP contribution in [0.2, 0.25) is 0 Å². The van der Waals surface area contributed by atoms with Crippen molar-refractivity contribution in [3.63, 3.8) is 0 Å². The van der Waals surface area contributed by atoms with Crippen molar-refractivity contribution < 1.29 is 9.90 Å². The van der Waals surface area contributed by atoms with Crippen molar-refractivity contribution in [3.05, 3.63) is 32.6 Å². The minimum atomic E-state index is -1.32. The van der Waals surface area contributed by atoms with Crippen molar-refractivity contribution in [2.75, 3.05) is 0 Å². The highest BCUT2D eigenvalue weighted by atomic mass is 16.4. The molecule has 6 nitrogen and oxygen atoms in total. The van der Waals surface area contributed by atoms with Gasteiger partial charge in [0.15, 0.2) is 0 Å². The maximum atomic E-state index is 11.1. The van der Waals surface area contributed by atoms with E-state index < -0.39 is 17.2 Å². The number of rotatable bonds is 2. The first-order valence-electron chi connectivity index (χ1n) is 3.63. The van der Waals surface area contributed by atoms with Gasteiger partial charge in [-0.2, -0.15) is 0 Å². The second-order valence-electron chi connectivity index (χ2n) is 2.38. The second kappa shape index (κ2) is 3.26. The van der Waals surface area contributed by atoms with E-state index in [0.29, 0.717) is 0 Å². The zero-order valence-corrected chi connectivity index (χ0v) is 6.90. The lowest BCUT2D eigenvalue weighted by Gasteiger charge is -1.99. The first kappa shape index (κ1) is 9.24. The maximum Gasteiger partial charge on any atom is 0.352 e. The van der Waals surface area contributed by atoms with Gasteiger partial charge in [-0.3, -0.25) is 9.36 Å². The van der Waals surface area contributed by atoms with E-state index in [1.165, 1.54) is 0 Å². The summed E-state index contributed by atoms with van der Waals surface area (Å²) in [7, 11) is 0. The Morgan fingerprint density at radius 2 is 2.23 bits per heavy atom. The highest BCUT2D eigenvalue weighted by Gasteiger charge is 2.07. The lowest BCUT2D eigenvalue weighted by atomic mass is 10.4. The average Bonchev–Trinajstić information content (AvgIpc) is 2.03. The molecule has 6 heteroatoms. The van der Waals surface area contributed by atoms with Crippen molar-refractivity contribution >= 4 is 5.97 Å². The van der Waals surface area contributed by atoms with Gasteiger partial charge in [0.05, 0.1) is 0 Å². The normalized spacial score (nSPS) is 9.92. The highest BCUT2D eigenvalue weighted by molar-refractivity contribution is 5.84. The van der Waals surface area contributed by atoms with E-state index in [1.54, 1.807) is 6.92 Å². The van der Waals surface area contributed by atoms with Crippen molar-refractivity contribution in [2.45, 2.75) is 13.5 Å². The molecule has 0 fully saturated rings. The average molecular weight is 184 g/mol. The van der Waals surface area contributed by atoms with Crippen LogP contribution in [0, 0.1) is 0 Å². The number of nitrogens with zero attached hydrogens (tertiary/aromatic N) is 1. The Morgan fingerprint density at radius 1 is 1.62 bits per heavy atom. The minimum Gasteiger partial charge on any atom is -0.477 e. The largest absolute Gasteiger partial charge is 0.477 e. The number of hydrogen-bond acceptors (Lipinski definition) is 3. The van der Waals surface area contributed by atoms with Gasteiger partial charge in [-0.25, -0.2) is 9.59 Å². The van der Waals surface area contributed by atoms with E-state index in [9.17, 15) is 14.4 Å². The Morgan fingerprint density at radius 3 is 2.62 bits per heavy atom. The maximum absolute atomic E-state index is 11.1. The molecule has 1 aromatic heterocycles. The van der Waals surface area contributed by atoms with E-state index in [1.807, 2.05) is 0 Å². The van der Waals surface area contributed by atoms with Gasteiger partial charge in [0.25, 0.3) is 5.56 Å². The van der Waals surface area contributed by atoms with Crippen LogP contribution in [0.3, 0.4) is 0 Å². The molecule has 0 aliphatic heterocycles. The molecule has 1 heterocycles. The second-order valence-corrected chi connectivity index (χ2v) is 2.38. The lowest BCUT2D eigenvalue weighted by Crippen LogP contribution is -2.35. The molecule has 0 unspecified atom stereocenters. The first-order chi connectivity index (χ1) is 6.06. The molecule has 0 saturated heterocycles. The molecule has 13 heavy (non-hydrogen) atoms. The van der Waals surface area contributed by atoms with Gasteiger partial charge in [0.2, 0.25) is 0 Å². The molecular weight excluding hydrogens is 176 g/mol. The van der Waals surface area contributed by atoms with Crippen LogP contribution in [0.4, 0.5) is 0 Å². The fraction of sp³-hybridized carbons (Fsp3) is 0.286. The molecule has 0 aromatic carbocycles. The van der Waals surface area contributed by atoms with Crippen LogP contribution in [0.5, 0.6) is 0 Å². The summed E-state index contributed by atoms with van der Waals surface area (Å²) in [5.41, 5.74) is -1.70. The molecular formula is C7H8N2O4. The van der Waals surface area contributed by atoms with Crippen molar-refractivity contribution in [1.29, 1.82) is 0 Å². The van der Waals surface area contributed by atoms with Gasteiger partial charge >= 0.3 is 11.7 Å². The molecule has 2 N–H and O–H groups in total. The topological polar surface area (TPSA) is 92.2 Å². The summed E-state index contributed by atoms with van der Waals surface area (Å²) in [5.74, 6) is -1.32. The summed E-state index contributed by atoms with van der Waals surface area (Å²) in [5, 5.41) is 8.48. The quantitative estimate of drug-likeness (QED) is 0.632. The van der Waals surface area contributed by atoms with E-state index in [0.717, 1.165) is 10.6 Å². The number of hydrogen-bond donors (Lipinski definition) is 2. The van der Waals surface area contributed by atoms with Crippen molar-refractivity contribution in [3.8, 4) is 0 Å². The Kier molecular flexibility index (Phi) is 2.32. The Bertz CT molecular complexity index is 411. The number of aromatic amines is 1. The molecule has 0 bridgehead atoms. The molecule has 0 aliphatic carbocycles. The van der Waals surface area contributed by atoms with Crippen LogP contribution >= 0.6 is 0 Å². The Hall–Kier alpha value is -1.85. The monoisotopic (exact) mass is 184 g/mol. The zero-order chi connectivity index (χ0) is 10.0. The van der Waals surface area contributed by atoms with Crippen molar-refractivity contribution in [2.24, 2.45) is 0 Å². The highest BCUT2D eigenvalue weighted by Crippen LogP contribution is 1.84. The van der Waals surface area contributed by atoms with Crippen LogP contribution in [-0.4, -0.2) is 20.6 Å². The fourth-order valence-corrected chi connectivity index (χ4v) is 0.935. The van der Waals surface area contributed by atoms with E-state index in [4.69, 9.17) is 5.11 Å². The predicted molar refractivity (Wildman–Crippen MR) is 44.0 cm³/mol. The number of carbonyl (C=O) groups is 1. The third-order valence-electron chi connectivity index (χ3n) is 1.57. The van der Waals surface area contributed by atoms with Crippen LogP contribution in [-0.2, 0) is 6.54 Å². The number of carboxylic acids is 1. The third kappa shape index (κ3) is 1.66. The number of H-pyrrole nitrogens is 1. The summed E-state index contributed by atoms with van der Waals surface area (Å²) in [6.07, 6.45) is 0. The van der Waals surface area contributed by atoms with Crippen LogP contribution in [0.15, 0.2) is 15.7 Å². The molecule has 0 aliphatic rings. The number of aromatic carboxylic acids is 1. The van der Waals surface area contributed by atoms with Crippen LogP contribution in [0.25, 0.3) is 0 Å². The number of aromatic nitrogens is 2. The molecule has 0 radical (unpaired) electrons. The lowest BCUT2D eigenvalue weighted by molar-refractivity contribution is 0.0689. The van der Waals surface area contributed by atoms with Gasteiger partial charge in [-0.15, -0.1) is 0 Å². The van der Waals surface area contributed by atoms with Crippen molar-refractivity contribution in [1.82, 2.24) is 9.55 Å². The Labute approximate surface area is 72.5 Å². The summed E-state index contributed by atoms with van der Waals surface area (Å²) < 4.78 is 0.909. The van der Waals surface area contributed by atoms with Gasteiger partial charge in [-0.05, 0) is 6.92 Å². The first-order valence-corrected chi connectivity index (χ1v) is 3.63. The van der Waals surface area contributed by atoms with Gasteiger partial charge < -0.3 is 10.1 Å². The Balaban J connectivity index is 3.47. The molecule has 0 spiro atoms. The van der Waals surface area contributed by atoms with Gasteiger partial charge in [0, 0.05) is 12.6 Å². The predicted octanol–water partition coefficient (Wildman–Crippen LogP) is -0.745. The summed E-state index contributed by atoms with van der Waals surface area (Å²) in [6, 6.07) is 0.882. The van der Waals surface area contributed by atoms with Gasteiger partial charge in [0.1, 0.15) is 5.69 Å². The SMILES string of the molecule is CCn1c(=O)cc(C(=O)O)[nH]c1=O.